The van der Waals surface area contributed by atoms with Crippen LogP contribution in [0.2, 0.25) is 0 Å². The van der Waals surface area contributed by atoms with E-state index >= 15 is 0 Å². The summed E-state index contributed by atoms with van der Waals surface area (Å²) in [6.45, 7) is 4.34. The largest absolute Gasteiger partial charge is 0.358 e. The molecule has 46 heavy (non-hydrogen) atoms. The molecule has 9 aromatic rings. The summed E-state index contributed by atoms with van der Waals surface area (Å²) >= 11 is 0. The Bertz CT molecular complexity index is 2570. The van der Waals surface area contributed by atoms with Crippen molar-refractivity contribution in [3.8, 4) is 39.3 Å². The predicted molar refractivity (Wildman–Crippen MR) is 192 cm³/mol. The van der Waals surface area contributed by atoms with E-state index in [-0.39, 0.29) is 0 Å². The van der Waals surface area contributed by atoms with Gasteiger partial charge in [0.2, 0.25) is 0 Å². The Kier molecular flexibility index (Phi) is 5.90. The van der Waals surface area contributed by atoms with E-state index in [1.54, 1.807) is 0 Å². The first kappa shape index (κ1) is 26.4. The van der Waals surface area contributed by atoms with Gasteiger partial charge in [-0.2, -0.15) is 0 Å². The minimum absolute atomic E-state index is 0.845. The van der Waals surface area contributed by atoms with Gasteiger partial charge in [-0.05, 0) is 101 Å². The maximum absolute atomic E-state index is 5.30. The van der Waals surface area contributed by atoms with Crippen LogP contribution in [-0.4, -0.2) is 19.5 Å². The number of benzene rings is 5. The first-order chi connectivity index (χ1) is 22.6. The fraction of sp³-hybridized carbons (Fsp3) is 0.0476. The van der Waals surface area contributed by atoms with E-state index in [0.29, 0.717) is 0 Å². The molecule has 0 fully saturated rings. The molecule has 9 rings (SSSR count). The van der Waals surface area contributed by atoms with Crippen LogP contribution in [0.15, 0.2) is 140 Å². The summed E-state index contributed by atoms with van der Waals surface area (Å²) in [7, 11) is 0. The van der Waals surface area contributed by atoms with Crippen molar-refractivity contribution in [3.63, 3.8) is 0 Å². The van der Waals surface area contributed by atoms with Crippen LogP contribution in [0.5, 0.6) is 0 Å². The van der Waals surface area contributed by atoms with Gasteiger partial charge in [-0.15, -0.1) is 0 Å². The van der Waals surface area contributed by atoms with Gasteiger partial charge in [-0.25, -0.2) is 9.97 Å². The van der Waals surface area contributed by atoms with Crippen LogP contribution in [0.3, 0.4) is 0 Å². The fourth-order valence-electron chi connectivity index (χ4n) is 6.93. The number of H-pyrrole nitrogens is 1. The van der Waals surface area contributed by atoms with Gasteiger partial charge >= 0.3 is 0 Å². The van der Waals surface area contributed by atoms with E-state index in [1.807, 2.05) is 12.3 Å². The minimum atomic E-state index is 0.845. The lowest BCUT2D eigenvalue weighted by Gasteiger charge is -2.13. The molecular formula is C42H30N4. The number of fused-ring (bicyclic) bond motifs is 5. The van der Waals surface area contributed by atoms with E-state index in [2.05, 4.69) is 151 Å². The van der Waals surface area contributed by atoms with E-state index in [4.69, 9.17) is 9.97 Å². The predicted octanol–water partition coefficient (Wildman–Crippen LogP) is 10.8. The number of aryl methyl sites for hydroxylation is 2. The standard InChI is InChI=1S/C42H30N4/c1-26-27(2)44-41-34(26)13-7-14-35(41)32-23-31(30-20-19-28-10-3-4-11-29(28)22-30)24-33(25-32)38-16-8-18-40(45-38)46-39-17-6-5-12-36(39)37-15-9-21-43-42(37)46/h3-25,44H,1-2H3. The third-order valence-electron chi connectivity index (χ3n) is 9.36. The van der Waals surface area contributed by atoms with Gasteiger partial charge in [0.05, 0.1) is 16.7 Å². The molecule has 0 saturated carbocycles. The number of rotatable bonds is 4. The van der Waals surface area contributed by atoms with Gasteiger partial charge in [-0.1, -0.05) is 78.9 Å². The van der Waals surface area contributed by atoms with Crippen LogP contribution < -0.4 is 0 Å². The summed E-state index contributed by atoms with van der Waals surface area (Å²) in [5, 5.41) is 6.01. The van der Waals surface area contributed by atoms with Crippen molar-refractivity contribution in [1.82, 2.24) is 19.5 Å². The molecule has 1 N–H and O–H groups in total. The Morgan fingerprint density at radius 1 is 0.565 bits per heavy atom. The second-order valence-corrected chi connectivity index (χ2v) is 12.1. The molecule has 4 aromatic heterocycles. The molecule has 4 heteroatoms. The highest BCUT2D eigenvalue weighted by molar-refractivity contribution is 6.07. The van der Waals surface area contributed by atoms with Crippen LogP contribution >= 0.6 is 0 Å². The van der Waals surface area contributed by atoms with Crippen molar-refractivity contribution in [1.29, 1.82) is 0 Å². The average molecular weight is 591 g/mol. The van der Waals surface area contributed by atoms with Gasteiger partial charge < -0.3 is 4.98 Å². The van der Waals surface area contributed by atoms with Crippen LogP contribution in [0.1, 0.15) is 11.3 Å². The molecule has 0 spiro atoms. The summed E-state index contributed by atoms with van der Waals surface area (Å²) in [6.07, 6.45) is 1.85. The molecule has 4 nitrogen and oxygen atoms in total. The van der Waals surface area contributed by atoms with Crippen molar-refractivity contribution >= 4 is 43.6 Å². The number of para-hydroxylation sites is 2. The first-order valence-corrected chi connectivity index (χ1v) is 15.7. The molecular weight excluding hydrogens is 560 g/mol. The Balaban J connectivity index is 1.28. The van der Waals surface area contributed by atoms with Crippen LogP contribution in [0.4, 0.5) is 0 Å². The quantitative estimate of drug-likeness (QED) is 0.222. The molecule has 0 aliphatic heterocycles. The second kappa shape index (κ2) is 10.3. The normalized spacial score (nSPS) is 11.7. The summed E-state index contributed by atoms with van der Waals surface area (Å²) in [6, 6.07) is 47.6. The number of nitrogens with zero attached hydrogens (tertiary/aromatic N) is 3. The molecule has 0 bridgehead atoms. The van der Waals surface area contributed by atoms with E-state index < -0.39 is 0 Å². The summed E-state index contributed by atoms with van der Waals surface area (Å²) in [4.78, 5) is 13.8. The third-order valence-corrected chi connectivity index (χ3v) is 9.36. The number of aromatic amines is 1. The molecule has 0 saturated heterocycles. The van der Waals surface area contributed by atoms with Gasteiger partial charge in [0, 0.05) is 39.2 Å². The van der Waals surface area contributed by atoms with Crippen molar-refractivity contribution in [2.75, 3.05) is 0 Å². The number of hydrogen-bond acceptors (Lipinski definition) is 2. The zero-order valence-corrected chi connectivity index (χ0v) is 25.6. The van der Waals surface area contributed by atoms with Gasteiger partial charge in [-0.3, -0.25) is 4.57 Å². The van der Waals surface area contributed by atoms with Crippen molar-refractivity contribution in [3.05, 3.63) is 151 Å². The third kappa shape index (κ3) is 4.15. The highest BCUT2D eigenvalue weighted by Crippen LogP contribution is 2.38. The summed E-state index contributed by atoms with van der Waals surface area (Å²) in [5.74, 6) is 0.845. The zero-order chi connectivity index (χ0) is 30.8. The van der Waals surface area contributed by atoms with E-state index in [9.17, 15) is 0 Å². The summed E-state index contributed by atoms with van der Waals surface area (Å²) < 4.78 is 2.17. The van der Waals surface area contributed by atoms with Crippen molar-refractivity contribution < 1.29 is 0 Å². The van der Waals surface area contributed by atoms with Crippen molar-refractivity contribution in [2.24, 2.45) is 0 Å². The number of nitrogens with one attached hydrogen (secondary N) is 1. The van der Waals surface area contributed by atoms with E-state index in [1.165, 1.54) is 43.9 Å². The molecule has 0 radical (unpaired) electrons. The van der Waals surface area contributed by atoms with Crippen molar-refractivity contribution in [2.45, 2.75) is 13.8 Å². The molecule has 0 unspecified atom stereocenters. The smallest absolute Gasteiger partial charge is 0.146 e. The lowest BCUT2D eigenvalue weighted by Crippen LogP contribution is -1.99. The molecule has 4 heterocycles. The maximum atomic E-state index is 5.30. The Hall–Kier alpha value is -6.00. The van der Waals surface area contributed by atoms with Crippen LogP contribution in [-0.2, 0) is 0 Å². The van der Waals surface area contributed by atoms with E-state index in [0.717, 1.165) is 50.3 Å². The second-order valence-electron chi connectivity index (χ2n) is 12.1. The molecule has 5 aromatic carbocycles. The highest BCUT2D eigenvalue weighted by Gasteiger charge is 2.16. The highest BCUT2D eigenvalue weighted by atomic mass is 15.1. The number of hydrogen-bond donors (Lipinski definition) is 1. The molecule has 0 aliphatic rings. The summed E-state index contributed by atoms with van der Waals surface area (Å²) in [5.41, 5.74) is 12.3. The lowest BCUT2D eigenvalue weighted by atomic mass is 9.93. The minimum Gasteiger partial charge on any atom is -0.358 e. The maximum Gasteiger partial charge on any atom is 0.146 e. The Morgan fingerprint density at radius 3 is 2.26 bits per heavy atom. The first-order valence-electron chi connectivity index (χ1n) is 15.7. The SMILES string of the molecule is Cc1[nH]c2c(-c3cc(-c4ccc5ccccc5c4)cc(-c4cccc(-n5c6ccccc6c6cccnc65)n4)c3)cccc2c1C. The zero-order valence-electron chi connectivity index (χ0n) is 25.6. The van der Waals surface area contributed by atoms with Gasteiger partial charge in [0.1, 0.15) is 11.5 Å². The Morgan fingerprint density at radius 2 is 1.33 bits per heavy atom. The van der Waals surface area contributed by atoms with Crippen LogP contribution in [0.25, 0.3) is 82.9 Å². The topological polar surface area (TPSA) is 46.5 Å². The molecule has 0 amide bonds. The Labute approximate surface area is 266 Å². The number of pyridine rings is 2. The monoisotopic (exact) mass is 590 g/mol. The number of aromatic nitrogens is 4. The van der Waals surface area contributed by atoms with Crippen LogP contribution in [0, 0.1) is 13.8 Å². The average Bonchev–Trinajstić information content (AvgIpc) is 3.61. The molecule has 218 valence electrons. The molecule has 0 atom stereocenters. The van der Waals surface area contributed by atoms with Gasteiger partial charge in [0.15, 0.2) is 0 Å². The molecule has 0 aliphatic carbocycles. The fourth-order valence-corrected chi connectivity index (χ4v) is 6.93. The van der Waals surface area contributed by atoms with Gasteiger partial charge in [0.25, 0.3) is 0 Å². The lowest BCUT2D eigenvalue weighted by molar-refractivity contribution is 1.06.